The minimum atomic E-state index is 0.274. The number of piperazine rings is 1. The van der Waals surface area contributed by atoms with Crippen molar-refractivity contribution in [1.82, 2.24) is 25.3 Å². The van der Waals surface area contributed by atoms with E-state index in [2.05, 4.69) is 65.6 Å². The first kappa shape index (κ1) is 24.5. The Balaban J connectivity index is 1.40. The largest absolute Gasteiger partial charge is 0.357 e. The number of carbonyl (C=O) groups is 1. The third kappa shape index (κ3) is 8.10. The molecule has 7 heteroatoms. The average molecular weight is 443 g/mol. The van der Waals surface area contributed by atoms with Crippen molar-refractivity contribution >= 4 is 11.9 Å². The van der Waals surface area contributed by atoms with Crippen LogP contribution in [0.5, 0.6) is 0 Å². The normalized spacial score (nSPS) is 21.7. The van der Waals surface area contributed by atoms with Crippen LogP contribution in [0.25, 0.3) is 0 Å². The van der Waals surface area contributed by atoms with Crippen LogP contribution >= 0.6 is 0 Å². The first-order chi connectivity index (χ1) is 15.5. The number of amides is 1. The number of carbonyl (C=O) groups excluding carboxylic acids is 1. The molecule has 1 aromatic rings. The summed E-state index contributed by atoms with van der Waals surface area (Å²) < 4.78 is 0. The van der Waals surface area contributed by atoms with Crippen molar-refractivity contribution in [2.24, 2.45) is 16.8 Å². The van der Waals surface area contributed by atoms with Crippen LogP contribution in [-0.4, -0.2) is 99.1 Å². The summed E-state index contributed by atoms with van der Waals surface area (Å²) in [5.41, 5.74) is 1.29. The summed E-state index contributed by atoms with van der Waals surface area (Å²) in [4.78, 5) is 24.2. The van der Waals surface area contributed by atoms with Gasteiger partial charge in [-0.05, 0) is 31.9 Å². The van der Waals surface area contributed by atoms with Crippen LogP contribution in [0, 0.1) is 11.8 Å². The van der Waals surface area contributed by atoms with Crippen LogP contribution in [0.2, 0.25) is 0 Å². The van der Waals surface area contributed by atoms with Gasteiger partial charge in [-0.15, -0.1) is 0 Å². The number of benzene rings is 1. The van der Waals surface area contributed by atoms with E-state index in [0.717, 1.165) is 77.8 Å². The fourth-order valence-corrected chi connectivity index (χ4v) is 4.47. The van der Waals surface area contributed by atoms with Gasteiger partial charge in [0.2, 0.25) is 5.91 Å². The van der Waals surface area contributed by atoms with Gasteiger partial charge in [-0.1, -0.05) is 37.3 Å². The molecule has 2 fully saturated rings. The maximum atomic E-state index is 12.4. The molecule has 0 aromatic heterocycles. The smallest absolute Gasteiger partial charge is 0.223 e. The van der Waals surface area contributed by atoms with Crippen LogP contribution in [0.3, 0.4) is 0 Å². The Morgan fingerprint density at radius 1 is 1.16 bits per heavy atom. The quantitative estimate of drug-likeness (QED) is 0.425. The molecule has 32 heavy (non-hydrogen) atoms. The van der Waals surface area contributed by atoms with E-state index in [4.69, 9.17) is 4.99 Å². The van der Waals surface area contributed by atoms with Gasteiger partial charge in [-0.2, -0.15) is 0 Å². The van der Waals surface area contributed by atoms with Crippen molar-refractivity contribution in [1.29, 1.82) is 0 Å². The molecule has 2 unspecified atom stereocenters. The Bertz CT molecular complexity index is 716. The lowest BCUT2D eigenvalue weighted by atomic mass is 10.1. The highest BCUT2D eigenvalue weighted by Crippen LogP contribution is 2.17. The van der Waals surface area contributed by atoms with E-state index < -0.39 is 0 Å². The molecule has 3 rings (SSSR count). The number of aliphatic imine (C=N–C) groups is 1. The van der Waals surface area contributed by atoms with Crippen LogP contribution in [0.1, 0.15) is 25.8 Å². The summed E-state index contributed by atoms with van der Waals surface area (Å²) in [6, 6.07) is 10.4. The zero-order valence-corrected chi connectivity index (χ0v) is 20.2. The molecule has 2 heterocycles. The van der Waals surface area contributed by atoms with Gasteiger partial charge >= 0.3 is 0 Å². The van der Waals surface area contributed by atoms with Gasteiger partial charge < -0.3 is 25.3 Å². The summed E-state index contributed by atoms with van der Waals surface area (Å²) in [6.07, 6.45) is 1.54. The van der Waals surface area contributed by atoms with E-state index >= 15 is 0 Å². The second-order valence-electron chi connectivity index (χ2n) is 9.46. The van der Waals surface area contributed by atoms with Crippen molar-refractivity contribution in [3.63, 3.8) is 0 Å². The lowest BCUT2D eigenvalue weighted by Gasteiger charge is -2.33. The molecule has 2 saturated heterocycles. The van der Waals surface area contributed by atoms with Gasteiger partial charge in [-0.3, -0.25) is 9.79 Å². The van der Waals surface area contributed by atoms with E-state index in [0.29, 0.717) is 18.3 Å². The van der Waals surface area contributed by atoms with Gasteiger partial charge in [-0.25, -0.2) is 0 Å². The molecule has 0 radical (unpaired) electrons. The molecule has 178 valence electrons. The van der Waals surface area contributed by atoms with Gasteiger partial charge in [0.1, 0.15) is 0 Å². The molecule has 1 amide bonds. The molecule has 0 bridgehead atoms. The Kier molecular flexibility index (Phi) is 9.81. The highest BCUT2D eigenvalue weighted by molar-refractivity contribution is 5.81. The molecule has 2 N–H and O–H groups in total. The van der Waals surface area contributed by atoms with E-state index in [1.165, 1.54) is 5.56 Å². The number of hydrogen-bond donors (Lipinski definition) is 2. The third-order valence-electron chi connectivity index (χ3n) is 6.44. The summed E-state index contributed by atoms with van der Waals surface area (Å²) in [5.74, 6) is 2.00. The molecular weight excluding hydrogens is 400 g/mol. The highest BCUT2D eigenvalue weighted by atomic mass is 16.2. The standard InChI is InChI=1S/C25H42N6O/c1-4-26-25(27-17-21(2)19-30-14-12-29(3)13-15-30)28-18-23-16-24(32)31(20-23)11-10-22-8-6-5-7-9-22/h5-9,21,23H,4,10-20H2,1-3H3,(H2,26,27,28). The van der Waals surface area contributed by atoms with Crippen LogP contribution in [-0.2, 0) is 11.2 Å². The molecule has 2 aliphatic heterocycles. The maximum absolute atomic E-state index is 12.4. The van der Waals surface area contributed by atoms with Gasteiger partial charge in [0, 0.05) is 77.8 Å². The predicted octanol–water partition coefficient (Wildman–Crippen LogP) is 1.52. The van der Waals surface area contributed by atoms with E-state index in [1.807, 2.05) is 11.0 Å². The van der Waals surface area contributed by atoms with Crippen molar-refractivity contribution in [3.8, 4) is 0 Å². The Morgan fingerprint density at radius 3 is 2.62 bits per heavy atom. The average Bonchev–Trinajstić information content (AvgIpc) is 3.16. The summed E-state index contributed by atoms with van der Waals surface area (Å²) >= 11 is 0. The fourth-order valence-electron chi connectivity index (χ4n) is 4.47. The summed E-state index contributed by atoms with van der Waals surface area (Å²) in [5, 5.41) is 6.84. The molecule has 0 spiro atoms. The molecule has 0 saturated carbocycles. The first-order valence-corrected chi connectivity index (χ1v) is 12.3. The monoisotopic (exact) mass is 442 g/mol. The number of nitrogens with one attached hydrogen (secondary N) is 2. The molecule has 7 nitrogen and oxygen atoms in total. The number of guanidine groups is 1. The highest BCUT2D eigenvalue weighted by Gasteiger charge is 2.29. The SMILES string of the molecule is CCNC(=NCC(C)CN1CCN(C)CC1)NCC1CC(=O)N(CCc2ccccc2)C1. The van der Waals surface area contributed by atoms with Gasteiger partial charge in [0.15, 0.2) is 5.96 Å². The number of nitrogens with zero attached hydrogens (tertiary/aromatic N) is 4. The summed E-state index contributed by atoms with van der Waals surface area (Å²) in [7, 11) is 2.19. The van der Waals surface area contributed by atoms with Gasteiger partial charge in [0.05, 0.1) is 0 Å². The second kappa shape index (κ2) is 12.8. The Hall–Kier alpha value is -2.12. The van der Waals surface area contributed by atoms with Crippen molar-refractivity contribution in [2.45, 2.75) is 26.7 Å². The van der Waals surface area contributed by atoms with E-state index in [-0.39, 0.29) is 5.91 Å². The van der Waals surface area contributed by atoms with Crippen molar-refractivity contribution < 1.29 is 4.79 Å². The predicted molar refractivity (Wildman–Crippen MR) is 132 cm³/mol. The first-order valence-electron chi connectivity index (χ1n) is 12.3. The number of hydrogen-bond acceptors (Lipinski definition) is 4. The zero-order valence-electron chi connectivity index (χ0n) is 20.2. The molecule has 2 atom stereocenters. The molecule has 0 aliphatic carbocycles. The Labute approximate surface area is 194 Å². The lowest BCUT2D eigenvalue weighted by Crippen LogP contribution is -2.46. The second-order valence-corrected chi connectivity index (χ2v) is 9.46. The molecular formula is C25H42N6O. The number of likely N-dealkylation sites (N-methyl/N-ethyl adjacent to an activating group) is 1. The maximum Gasteiger partial charge on any atom is 0.223 e. The third-order valence-corrected chi connectivity index (χ3v) is 6.44. The molecule has 1 aromatic carbocycles. The lowest BCUT2D eigenvalue weighted by molar-refractivity contribution is -0.127. The number of likely N-dealkylation sites (tertiary alicyclic amines) is 1. The fraction of sp³-hybridized carbons (Fsp3) is 0.680. The van der Waals surface area contributed by atoms with E-state index in [9.17, 15) is 4.79 Å². The van der Waals surface area contributed by atoms with Gasteiger partial charge in [0.25, 0.3) is 0 Å². The minimum Gasteiger partial charge on any atom is -0.357 e. The number of rotatable bonds is 10. The van der Waals surface area contributed by atoms with Crippen LogP contribution < -0.4 is 10.6 Å². The van der Waals surface area contributed by atoms with Crippen molar-refractivity contribution in [3.05, 3.63) is 35.9 Å². The topological polar surface area (TPSA) is 63.2 Å². The minimum absolute atomic E-state index is 0.274. The Morgan fingerprint density at radius 2 is 1.91 bits per heavy atom. The van der Waals surface area contributed by atoms with Crippen molar-refractivity contribution in [2.75, 3.05) is 72.5 Å². The molecule has 2 aliphatic rings. The van der Waals surface area contributed by atoms with E-state index in [1.54, 1.807) is 0 Å². The zero-order chi connectivity index (χ0) is 22.8. The summed E-state index contributed by atoms with van der Waals surface area (Å²) in [6.45, 7) is 14.2. The van der Waals surface area contributed by atoms with Crippen LogP contribution in [0.4, 0.5) is 0 Å². The van der Waals surface area contributed by atoms with Crippen LogP contribution in [0.15, 0.2) is 35.3 Å².